The largest absolute Gasteiger partial charge is 0.489 e. The molecule has 2 aliphatic rings. The Labute approximate surface area is 224 Å². The lowest BCUT2D eigenvalue weighted by molar-refractivity contribution is -0.139. The average molecular weight is 518 g/mol. The van der Waals surface area contributed by atoms with Crippen LogP contribution in [0.1, 0.15) is 68.9 Å². The number of methoxy groups -OCH3 is 1. The summed E-state index contributed by atoms with van der Waals surface area (Å²) in [6.45, 7) is 8.75. The minimum Gasteiger partial charge on any atom is -0.489 e. The Morgan fingerprint density at radius 1 is 1.18 bits per heavy atom. The monoisotopic (exact) mass is 517 g/mol. The number of fused-ring (bicyclic) bond motifs is 2. The number of benzene rings is 2. The molecule has 4 atom stereocenters. The van der Waals surface area contributed by atoms with Crippen LogP contribution in [0.3, 0.4) is 0 Å². The van der Waals surface area contributed by atoms with Gasteiger partial charge >= 0.3 is 5.97 Å². The molecule has 5 nitrogen and oxygen atoms in total. The van der Waals surface area contributed by atoms with Crippen molar-refractivity contribution in [2.75, 3.05) is 7.11 Å². The molecule has 0 aliphatic heterocycles. The third-order valence-electron chi connectivity index (χ3n) is 8.49. The first-order valence-electron chi connectivity index (χ1n) is 13.3. The van der Waals surface area contributed by atoms with E-state index in [4.69, 9.17) is 9.47 Å². The summed E-state index contributed by atoms with van der Waals surface area (Å²) >= 11 is 0. The van der Waals surface area contributed by atoms with Gasteiger partial charge < -0.3 is 14.6 Å². The summed E-state index contributed by atoms with van der Waals surface area (Å²) in [6, 6.07) is 13.7. The molecular weight excluding hydrogens is 481 g/mol. The van der Waals surface area contributed by atoms with Crippen LogP contribution in [0.15, 0.2) is 54.9 Å². The highest BCUT2D eigenvalue weighted by atomic mass is 19.1. The van der Waals surface area contributed by atoms with Crippen LogP contribution in [0, 0.1) is 23.1 Å². The Kier molecular flexibility index (Phi) is 6.80. The van der Waals surface area contributed by atoms with Crippen molar-refractivity contribution in [3.63, 3.8) is 0 Å². The number of halogens is 1. The highest BCUT2D eigenvalue weighted by Crippen LogP contribution is 2.65. The van der Waals surface area contributed by atoms with E-state index < -0.39 is 5.97 Å². The summed E-state index contributed by atoms with van der Waals surface area (Å²) in [6.07, 6.45) is 5.54. The van der Waals surface area contributed by atoms with Crippen molar-refractivity contribution in [3.05, 3.63) is 82.9 Å². The van der Waals surface area contributed by atoms with E-state index in [1.165, 1.54) is 17.8 Å². The van der Waals surface area contributed by atoms with Gasteiger partial charge in [-0.25, -0.2) is 4.39 Å². The van der Waals surface area contributed by atoms with Gasteiger partial charge in [0.1, 0.15) is 18.2 Å². The topological polar surface area (TPSA) is 68.7 Å². The molecule has 0 saturated heterocycles. The van der Waals surface area contributed by atoms with Crippen LogP contribution in [-0.4, -0.2) is 23.2 Å². The number of nitrogens with zero attached hydrogens (tertiary/aromatic N) is 1. The van der Waals surface area contributed by atoms with Crippen LogP contribution in [0.2, 0.25) is 0 Å². The molecule has 0 bridgehead atoms. The second-order valence-electron chi connectivity index (χ2n) is 11.9. The Hall–Kier alpha value is -3.25. The number of pyridine rings is 1. The van der Waals surface area contributed by atoms with Crippen molar-refractivity contribution in [2.24, 2.45) is 17.3 Å². The molecule has 2 aliphatic carbocycles. The van der Waals surface area contributed by atoms with Crippen molar-refractivity contribution >= 4 is 5.97 Å². The molecule has 2 aromatic carbocycles. The summed E-state index contributed by atoms with van der Waals surface area (Å²) < 4.78 is 26.2. The smallest absolute Gasteiger partial charge is 0.307 e. The number of ether oxygens (including phenoxy) is 2. The Bertz CT molecular complexity index is 1360. The van der Waals surface area contributed by atoms with Gasteiger partial charge in [-0.05, 0) is 82.7 Å². The van der Waals surface area contributed by atoms with Gasteiger partial charge in [0, 0.05) is 24.3 Å². The summed E-state index contributed by atoms with van der Waals surface area (Å²) in [4.78, 5) is 16.0. The van der Waals surface area contributed by atoms with Crippen LogP contribution < -0.4 is 4.74 Å². The second kappa shape index (κ2) is 9.81. The highest BCUT2D eigenvalue weighted by Gasteiger charge is 2.67. The van der Waals surface area contributed by atoms with E-state index in [1.54, 1.807) is 13.3 Å². The predicted octanol–water partition coefficient (Wildman–Crippen LogP) is 7.12. The fourth-order valence-electron chi connectivity index (χ4n) is 6.72. The molecule has 6 heteroatoms. The molecule has 38 heavy (non-hydrogen) atoms. The van der Waals surface area contributed by atoms with Crippen LogP contribution in [0.4, 0.5) is 4.39 Å². The van der Waals surface area contributed by atoms with E-state index in [2.05, 4.69) is 50.9 Å². The van der Waals surface area contributed by atoms with Gasteiger partial charge in [-0.3, -0.25) is 9.78 Å². The fourth-order valence-corrected chi connectivity index (χ4v) is 6.72. The maximum Gasteiger partial charge on any atom is 0.307 e. The van der Waals surface area contributed by atoms with E-state index in [9.17, 15) is 14.3 Å². The first-order valence-corrected chi connectivity index (χ1v) is 13.3. The third-order valence-corrected chi connectivity index (χ3v) is 8.49. The molecule has 5 rings (SSSR count). The molecular formula is C32H36FNO4. The molecule has 1 aromatic heterocycles. The maximum absolute atomic E-state index is 14.0. The zero-order valence-corrected chi connectivity index (χ0v) is 22.8. The summed E-state index contributed by atoms with van der Waals surface area (Å²) in [5, 5.41) is 9.79. The minimum absolute atomic E-state index is 0.130. The van der Waals surface area contributed by atoms with Crippen molar-refractivity contribution < 1.29 is 23.8 Å². The summed E-state index contributed by atoms with van der Waals surface area (Å²) in [5.41, 5.74) is 5.41. The number of aliphatic carboxylic acids is 1. The second-order valence-corrected chi connectivity index (χ2v) is 11.9. The molecule has 0 unspecified atom stereocenters. The van der Waals surface area contributed by atoms with Gasteiger partial charge in [0.2, 0.25) is 0 Å². The van der Waals surface area contributed by atoms with Crippen molar-refractivity contribution in [2.45, 2.75) is 65.1 Å². The van der Waals surface area contributed by atoms with Gasteiger partial charge in [-0.15, -0.1) is 0 Å². The van der Waals surface area contributed by atoms with Crippen molar-refractivity contribution in [3.8, 4) is 16.9 Å². The van der Waals surface area contributed by atoms with Gasteiger partial charge in [0.15, 0.2) is 0 Å². The number of hydrogen-bond donors (Lipinski definition) is 1. The van der Waals surface area contributed by atoms with Gasteiger partial charge in [0.25, 0.3) is 0 Å². The summed E-state index contributed by atoms with van der Waals surface area (Å²) in [5.74, 6) is -0.541. The number of hydrogen-bond acceptors (Lipinski definition) is 4. The Morgan fingerprint density at radius 3 is 2.63 bits per heavy atom. The molecule has 1 saturated carbocycles. The average Bonchev–Trinajstić information content (AvgIpc) is 3.46. The van der Waals surface area contributed by atoms with Crippen LogP contribution >= 0.6 is 0 Å². The minimum atomic E-state index is -0.704. The number of aromatic nitrogens is 1. The van der Waals surface area contributed by atoms with E-state index in [0.29, 0.717) is 12.2 Å². The fraction of sp³-hybridized carbons (Fsp3) is 0.438. The molecule has 1 N–H and O–H groups in total. The number of carboxylic acid groups (broad SMARTS) is 1. The standard InChI is InChI=1S/C32H36FNO4/c1-19-28(30(35)36)32(19)12-6-7-21-9-10-24(15-27(21)32)38-18-20-8-11-25(22-14-23(33)17-34-16-22)26(13-20)29(37-5)31(2,3)4/h8-11,13-17,19,28-29H,6-7,12,18H2,1-5H3,(H,35,36)/t19-,28-,29-,32-/m0/s1. The van der Waals surface area contributed by atoms with Crippen molar-refractivity contribution in [1.82, 2.24) is 4.98 Å². The quantitative estimate of drug-likeness (QED) is 0.361. The first-order chi connectivity index (χ1) is 18.1. The normalized spacial score (nSPS) is 23.1. The van der Waals surface area contributed by atoms with Gasteiger partial charge in [-0.1, -0.05) is 45.9 Å². The number of carbonyl (C=O) groups is 1. The molecule has 200 valence electrons. The molecule has 3 aromatic rings. The molecule has 1 fully saturated rings. The molecule has 1 spiro atoms. The number of carboxylic acids is 1. The number of rotatable bonds is 7. The lowest BCUT2D eigenvalue weighted by atomic mass is 9.77. The van der Waals surface area contributed by atoms with E-state index in [-0.39, 0.29) is 34.6 Å². The van der Waals surface area contributed by atoms with Crippen LogP contribution in [0.5, 0.6) is 5.75 Å². The van der Waals surface area contributed by atoms with Crippen molar-refractivity contribution in [1.29, 1.82) is 0 Å². The Morgan fingerprint density at radius 2 is 1.97 bits per heavy atom. The van der Waals surface area contributed by atoms with Gasteiger partial charge in [0.05, 0.1) is 18.2 Å². The lowest BCUT2D eigenvalue weighted by Crippen LogP contribution is -2.22. The predicted molar refractivity (Wildman–Crippen MR) is 145 cm³/mol. The first kappa shape index (κ1) is 26.4. The van der Waals surface area contributed by atoms with Gasteiger partial charge in [-0.2, -0.15) is 0 Å². The van der Waals surface area contributed by atoms with Crippen LogP contribution in [-0.2, 0) is 28.0 Å². The maximum atomic E-state index is 14.0. The molecule has 1 heterocycles. The zero-order valence-electron chi connectivity index (χ0n) is 22.8. The molecule has 0 radical (unpaired) electrons. The van der Waals surface area contributed by atoms with E-state index in [0.717, 1.165) is 47.3 Å². The van der Waals surface area contributed by atoms with Crippen LogP contribution in [0.25, 0.3) is 11.1 Å². The van der Waals surface area contributed by atoms with E-state index in [1.807, 2.05) is 18.2 Å². The zero-order chi connectivity index (χ0) is 27.2. The molecule has 0 amide bonds. The summed E-state index contributed by atoms with van der Waals surface area (Å²) in [7, 11) is 1.69. The van der Waals surface area contributed by atoms with E-state index >= 15 is 0 Å². The third kappa shape index (κ3) is 4.60. The number of aryl methyl sites for hydroxylation is 1. The lowest BCUT2D eigenvalue weighted by Gasteiger charge is -2.31. The highest BCUT2D eigenvalue weighted by molar-refractivity contribution is 5.79. The SMILES string of the molecule is CO[C@@H](c1cc(COc2ccc3c(c2)[C@@]2(CCC3)[C@H](C(=O)O)[C@@H]2C)ccc1-c1cncc(F)c1)C(C)(C)C. The Balaban J connectivity index is 1.45.